The van der Waals surface area contributed by atoms with Crippen molar-refractivity contribution in [2.75, 3.05) is 24.7 Å². The van der Waals surface area contributed by atoms with E-state index in [-0.39, 0.29) is 31.3 Å². The van der Waals surface area contributed by atoms with E-state index in [1.807, 2.05) is 6.92 Å². The van der Waals surface area contributed by atoms with Crippen LogP contribution in [0.1, 0.15) is 30.6 Å². The number of carbonyl (C=O) groups excluding carboxylic acids is 3. The molecule has 0 saturated carbocycles. The van der Waals surface area contributed by atoms with Crippen LogP contribution in [0, 0.1) is 0 Å². The molecule has 1 atom stereocenters. The number of carbonyl (C=O) groups is 3. The molecule has 1 heterocycles. The lowest BCUT2D eigenvalue weighted by Gasteiger charge is -2.22. The number of amides is 1. The summed E-state index contributed by atoms with van der Waals surface area (Å²) in [6.07, 6.45) is -0.822. The summed E-state index contributed by atoms with van der Waals surface area (Å²) in [4.78, 5) is 38.7. The van der Waals surface area contributed by atoms with Crippen LogP contribution in [0.5, 0.6) is 11.5 Å². The van der Waals surface area contributed by atoms with Gasteiger partial charge in [-0.2, -0.15) is 0 Å². The largest absolute Gasteiger partial charge is 0.494 e. The molecule has 3 rings (SSSR count). The van der Waals surface area contributed by atoms with Gasteiger partial charge in [0.15, 0.2) is 6.10 Å². The van der Waals surface area contributed by atoms with Crippen LogP contribution in [0.4, 0.5) is 5.69 Å². The minimum absolute atomic E-state index is 0.155. The SMILES string of the molecule is CCOc1ccc(C(=O)[C@@H](C)OC(=O)CN2C(=O)CCOc3ccccc32)cc1. The van der Waals surface area contributed by atoms with Crippen molar-refractivity contribution in [2.45, 2.75) is 26.4 Å². The number of fused-ring (bicyclic) bond motifs is 1. The van der Waals surface area contributed by atoms with Gasteiger partial charge in [0.25, 0.3) is 0 Å². The van der Waals surface area contributed by atoms with Crippen LogP contribution in [-0.4, -0.2) is 43.5 Å². The van der Waals surface area contributed by atoms with Gasteiger partial charge in [0.05, 0.1) is 25.3 Å². The maximum absolute atomic E-state index is 12.5. The second-order valence-electron chi connectivity index (χ2n) is 6.50. The van der Waals surface area contributed by atoms with Gasteiger partial charge in [-0.25, -0.2) is 0 Å². The Kier molecular flexibility index (Phi) is 6.49. The van der Waals surface area contributed by atoms with Crippen molar-refractivity contribution in [3.8, 4) is 11.5 Å². The molecule has 0 radical (unpaired) electrons. The molecule has 0 spiro atoms. The van der Waals surface area contributed by atoms with Crippen LogP contribution in [0.25, 0.3) is 0 Å². The van der Waals surface area contributed by atoms with Crippen LogP contribution >= 0.6 is 0 Å². The molecule has 0 aliphatic carbocycles. The van der Waals surface area contributed by atoms with Crippen molar-refractivity contribution in [3.05, 3.63) is 54.1 Å². The second kappa shape index (κ2) is 9.23. The number of rotatable bonds is 7. The van der Waals surface area contributed by atoms with E-state index in [1.165, 1.54) is 11.8 Å². The third-order valence-electron chi connectivity index (χ3n) is 4.45. The summed E-state index contributed by atoms with van der Waals surface area (Å²) >= 11 is 0. The van der Waals surface area contributed by atoms with E-state index in [0.29, 0.717) is 29.4 Å². The Morgan fingerprint density at radius 2 is 1.86 bits per heavy atom. The molecule has 0 bridgehead atoms. The van der Waals surface area contributed by atoms with Gasteiger partial charge in [-0.1, -0.05) is 12.1 Å². The smallest absolute Gasteiger partial charge is 0.326 e. The lowest BCUT2D eigenvalue weighted by molar-refractivity contribution is -0.145. The zero-order chi connectivity index (χ0) is 20.8. The van der Waals surface area contributed by atoms with E-state index >= 15 is 0 Å². The Labute approximate surface area is 169 Å². The number of Topliss-reactive ketones (excluding diaryl/α,β-unsaturated/α-hetero) is 1. The van der Waals surface area contributed by atoms with Crippen molar-refractivity contribution in [1.82, 2.24) is 0 Å². The quantitative estimate of drug-likeness (QED) is 0.528. The molecule has 0 saturated heterocycles. The maximum Gasteiger partial charge on any atom is 0.326 e. The van der Waals surface area contributed by atoms with Crippen molar-refractivity contribution in [2.24, 2.45) is 0 Å². The average molecular weight is 397 g/mol. The van der Waals surface area contributed by atoms with Crippen LogP contribution in [0.2, 0.25) is 0 Å². The van der Waals surface area contributed by atoms with Crippen molar-refractivity contribution in [3.63, 3.8) is 0 Å². The summed E-state index contributed by atoms with van der Waals surface area (Å²) in [6.45, 7) is 3.87. The topological polar surface area (TPSA) is 82.1 Å². The van der Waals surface area contributed by atoms with E-state index < -0.39 is 12.1 Å². The Hall–Kier alpha value is -3.35. The number of hydrogen-bond donors (Lipinski definition) is 0. The van der Waals surface area contributed by atoms with Gasteiger partial charge in [-0.3, -0.25) is 19.3 Å². The number of esters is 1. The zero-order valence-electron chi connectivity index (χ0n) is 16.4. The van der Waals surface area contributed by atoms with Crippen LogP contribution in [0.3, 0.4) is 0 Å². The zero-order valence-corrected chi connectivity index (χ0v) is 16.4. The molecule has 0 fully saturated rings. The molecule has 7 nitrogen and oxygen atoms in total. The summed E-state index contributed by atoms with van der Waals surface area (Å²) in [5, 5.41) is 0. The van der Waals surface area contributed by atoms with Crippen LogP contribution in [0.15, 0.2) is 48.5 Å². The van der Waals surface area contributed by atoms with Gasteiger partial charge >= 0.3 is 5.97 Å². The standard InChI is InChI=1S/C22H23NO6/c1-3-27-17-10-8-16(9-11-17)22(26)15(2)29-21(25)14-23-18-6-4-5-7-19(18)28-13-12-20(23)24/h4-11,15H,3,12-14H2,1-2H3/t15-/m1/s1. The first-order valence-electron chi connectivity index (χ1n) is 9.48. The fourth-order valence-corrected chi connectivity index (χ4v) is 3.03. The third-order valence-corrected chi connectivity index (χ3v) is 4.45. The summed E-state index contributed by atoms with van der Waals surface area (Å²) in [5.74, 6) is -0.0366. The van der Waals surface area contributed by atoms with Crippen molar-refractivity contribution < 1.29 is 28.6 Å². The highest BCUT2D eigenvalue weighted by Crippen LogP contribution is 2.30. The van der Waals surface area contributed by atoms with Gasteiger partial charge < -0.3 is 14.2 Å². The number of anilines is 1. The molecule has 1 amide bonds. The molecule has 0 aromatic heterocycles. The summed E-state index contributed by atoms with van der Waals surface area (Å²) < 4.78 is 16.2. The number of ether oxygens (including phenoxy) is 3. The molecule has 1 aliphatic rings. The van der Waals surface area contributed by atoms with E-state index in [2.05, 4.69) is 0 Å². The number of benzene rings is 2. The van der Waals surface area contributed by atoms with E-state index in [0.717, 1.165) is 0 Å². The Balaban J connectivity index is 1.65. The van der Waals surface area contributed by atoms with Gasteiger partial charge in [-0.05, 0) is 50.2 Å². The molecule has 29 heavy (non-hydrogen) atoms. The van der Waals surface area contributed by atoms with Gasteiger partial charge in [0.2, 0.25) is 11.7 Å². The van der Waals surface area contributed by atoms with E-state index in [1.54, 1.807) is 48.5 Å². The van der Waals surface area contributed by atoms with Gasteiger partial charge in [0.1, 0.15) is 18.0 Å². The summed E-state index contributed by atoms with van der Waals surface area (Å²) in [7, 11) is 0. The predicted molar refractivity (Wildman–Crippen MR) is 106 cm³/mol. The van der Waals surface area contributed by atoms with Crippen molar-refractivity contribution >= 4 is 23.3 Å². The lowest BCUT2D eigenvalue weighted by atomic mass is 10.1. The fourth-order valence-electron chi connectivity index (χ4n) is 3.03. The molecule has 7 heteroatoms. The van der Waals surface area contributed by atoms with Crippen molar-refractivity contribution in [1.29, 1.82) is 0 Å². The summed E-state index contributed by atoms with van der Waals surface area (Å²) in [6, 6.07) is 13.6. The molecule has 0 N–H and O–H groups in total. The second-order valence-corrected chi connectivity index (χ2v) is 6.50. The normalized spacial score (nSPS) is 14.3. The first-order chi connectivity index (χ1) is 14.0. The maximum atomic E-state index is 12.5. The number of nitrogens with zero attached hydrogens (tertiary/aromatic N) is 1. The number of hydrogen-bond acceptors (Lipinski definition) is 6. The first kappa shape index (κ1) is 20.4. The number of ketones is 1. The monoisotopic (exact) mass is 397 g/mol. The molecular weight excluding hydrogens is 374 g/mol. The Morgan fingerprint density at radius 1 is 1.14 bits per heavy atom. The molecule has 0 unspecified atom stereocenters. The highest BCUT2D eigenvalue weighted by Gasteiger charge is 2.27. The highest BCUT2D eigenvalue weighted by atomic mass is 16.5. The predicted octanol–water partition coefficient (Wildman–Crippen LogP) is 3.02. The van der Waals surface area contributed by atoms with Gasteiger partial charge in [0, 0.05) is 5.56 Å². The van der Waals surface area contributed by atoms with E-state index in [9.17, 15) is 14.4 Å². The van der Waals surface area contributed by atoms with E-state index in [4.69, 9.17) is 14.2 Å². The average Bonchev–Trinajstić information content (AvgIpc) is 2.87. The van der Waals surface area contributed by atoms with Gasteiger partial charge in [-0.15, -0.1) is 0 Å². The minimum Gasteiger partial charge on any atom is -0.494 e. The third kappa shape index (κ3) is 4.93. The molecule has 152 valence electrons. The number of para-hydroxylation sites is 2. The Bertz CT molecular complexity index is 892. The molecule has 2 aromatic rings. The lowest BCUT2D eigenvalue weighted by Crippen LogP contribution is -2.38. The highest BCUT2D eigenvalue weighted by molar-refractivity contribution is 6.02. The first-order valence-corrected chi connectivity index (χ1v) is 9.48. The summed E-state index contributed by atoms with van der Waals surface area (Å²) in [5.41, 5.74) is 0.927. The minimum atomic E-state index is -0.978. The Morgan fingerprint density at radius 3 is 2.59 bits per heavy atom. The molecule has 2 aromatic carbocycles. The van der Waals surface area contributed by atoms with Crippen LogP contribution < -0.4 is 14.4 Å². The molecular formula is C22H23NO6. The fraction of sp³-hybridized carbons (Fsp3) is 0.318. The molecule has 1 aliphatic heterocycles. The van der Waals surface area contributed by atoms with Crippen LogP contribution in [-0.2, 0) is 14.3 Å².